The first-order valence-electron chi connectivity index (χ1n) is 9.19. The third kappa shape index (κ3) is 1.76. The predicted octanol–water partition coefficient (Wildman–Crippen LogP) is 4.90. The van der Waals surface area contributed by atoms with E-state index < -0.39 is 5.97 Å². The van der Waals surface area contributed by atoms with Crippen molar-refractivity contribution in [1.82, 2.24) is 0 Å². The molecule has 1 N–H and O–H groups in total. The Bertz CT molecular complexity index is 534. The molecule has 0 aliphatic heterocycles. The second kappa shape index (κ2) is 4.39. The molecular formula is C20H30O2. The molecule has 122 valence electrons. The van der Waals surface area contributed by atoms with Crippen LogP contribution in [-0.2, 0) is 4.79 Å². The van der Waals surface area contributed by atoms with E-state index in [9.17, 15) is 9.90 Å². The maximum Gasteiger partial charge on any atom is 0.306 e. The van der Waals surface area contributed by atoms with Crippen LogP contribution >= 0.6 is 0 Å². The number of fused-ring (bicyclic) bond motifs is 3. The average Bonchev–Trinajstić information content (AvgIpc) is 2.69. The highest BCUT2D eigenvalue weighted by molar-refractivity contribution is 5.71. The van der Waals surface area contributed by atoms with Crippen molar-refractivity contribution < 1.29 is 9.90 Å². The topological polar surface area (TPSA) is 37.3 Å². The molecule has 2 bridgehead atoms. The Morgan fingerprint density at radius 2 is 1.86 bits per heavy atom. The number of rotatable bonds is 1. The van der Waals surface area contributed by atoms with Gasteiger partial charge in [-0.1, -0.05) is 32.9 Å². The molecule has 0 radical (unpaired) electrons. The highest BCUT2D eigenvalue weighted by Gasteiger charge is 2.64. The van der Waals surface area contributed by atoms with E-state index >= 15 is 0 Å². The summed E-state index contributed by atoms with van der Waals surface area (Å²) in [6, 6.07) is 0. The Balaban J connectivity index is 1.72. The summed E-state index contributed by atoms with van der Waals surface area (Å²) in [7, 11) is 0. The smallest absolute Gasteiger partial charge is 0.306 e. The second-order valence-corrected chi connectivity index (χ2v) is 9.63. The fraction of sp³-hybridized carbons (Fsp3) is 0.850. The summed E-state index contributed by atoms with van der Waals surface area (Å²) in [5.74, 6) is 1.38. The summed E-state index contributed by atoms with van der Waals surface area (Å²) >= 11 is 0. The van der Waals surface area contributed by atoms with E-state index in [0.717, 1.165) is 24.7 Å². The maximum atomic E-state index is 11.7. The van der Waals surface area contributed by atoms with Crippen molar-refractivity contribution in [3.63, 3.8) is 0 Å². The van der Waals surface area contributed by atoms with Gasteiger partial charge in [0.15, 0.2) is 0 Å². The number of allylic oxidation sites excluding steroid dienone is 2. The van der Waals surface area contributed by atoms with Crippen LogP contribution in [0.4, 0.5) is 0 Å². The molecule has 4 aliphatic carbocycles. The number of carbonyl (C=O) groups is 1. The summed E-state index contributed by atoms with van der Waals surface area (Å²) < 4.78 is 0. The zero-order chi connectivity index (χ0) is 15.8. The molecule has 22 heavy (non-hydrogen) atoms. The summed E-state index contributed by atoms with van der Waals surface area (Å²) in [5, 5.41) is 9.62. The van der Waals surface area contributed by atoms with E-state index in [1.807, 2.05) is 0 Å². The molecule has 4 rings (SSSR count). The number of carboxylic acid groups (broad SMARTS) is 1. The first-order valence-corrected chi connectivity index (χ1v) is 9.19. The van der Waals surface area contributed by atoms with Gasteiger partial charge in [-0.05, 0) is 78.9 Å². The van der Waals surface area contributed by atoms with Gasteiger partial charge in [-0.15, -0.1) is 0 Å². The van der Waals surface area contributed by atoms with Crippen molar-refractivity contribution >= 4 is 5.97 Å². The van der Waals surface area contributed by atoms with Crippen molar-refractivity contribution in [3.05, 3.63) is 12.2 Å². The maximum absolute atomic E-state index is 11.7. The Kier molecular flexibility index (Phi) is 2.95. The third-order valence-corrected chi connectivity index (χ3v) is 8.27. The van der Waals surface area contributed by atoms with Gasteiger partial charge in [0.1, 0.15) is 0 Å². The van der Waals surface area contributed by atoms with Gasteiger partial charge in [0.2, 0.25) is 0 Å². The largest absolute Gasteiger partial charge is 0.481 e. The Morgan fingerprint density at radius 1 is 1.09 bits per heavy atom. The standard InChI is InChI=1S/C20H30O2/c1-18(2)8-4-9-19(3)15(18)7-10-20-11-13(5-6-16(19)20)14(12-20)17(21)22/h4,8,13-16H,5-7,9-12H2,1-3H3,(H,21,22)/t13-,14+,15-,16+,19-,20+/m1/s1. The lowest BCUT2D eigenvalue weighted by Crippen LogP contribution is -2.54. The SMILES string of the molecule is CC1(C)C=CC[C@]2(C)[C@@H]1CC[C@@]13C[C@@H](CC[C@H]12)[C@@H](C(=O)O)C3. The summed E-state index contributed by atoms with van der Waals surface area (Å²) in [5.41, 5.74) is 1.03. The first kappa shape index (κ1) is 14.8. The van der Waals surface area contributed by atoms with Crippen molar-refractivity contribution in [2.24, 2.45) is 39.9 Å². The van der Waals surface area contributed by atoms with Crippen LogP contribution in [0.2, 0.25) is 0 Å². The van der Waals surface area contributed by atoms with Gasteiger partial charge in [-0.3, -0.25) is 4.79 Å². The van der Waals surface area contributed by atoms with Gasteiger partial charge >= 0.3 is 5.97 Å². The van der Waals surface area contributed by atoms with Gasteiger partial charge in [0.25, 0.3) is 0 Å². The molecule has 0 heterocycles. The van der Waals surface area contributed by atoms with Crippen LogP contribution in [0.5, 0.6) is 0 Å². The molecule has 6 atom stereocenters. The first-order chi connectivity index (χ1) is 10.3. The molecule has 0 unspecified atom stereocenters. The van der Waals surface area contributed by atoms with Gasteiger partial charge < -0.3 is 5.11 Å². The van der Waals surface area contributed by atoms with Gasteiger partial charge in [-0.25, -0.2) is 0 Å². The van der Waals surface area contributed by atoms with Crippen molar-refractivity contribution in [1.29, 1.82) is 0 Å². The molecule has 2 heteroatoms. The van der Waals surface area contributed by atoms with Gasteiger partial charge in [0, 0.05) is 0 Å². The van der Waals surface area contributed by atoms with Crippen LogP contribution < -0.4 is 0 Å². The molecule has 2 nitrogen and oxygen atoms in total. The minimum absolute atomic E-state index is 0.0581. The lowest BCUT2D eigenvalue weighted by atomic mass is 9.42. The fourth-order valence-corrected chi connectivity index (χ4v) is 7.57. The van der Waals surface area contributed by atoms with Crippen molar-refractivity contribution in [2.75, 3.05) is 0 Å². The predicted molar refractivity (Wildman–Crippen MR) is 87.4 cm³/mol. The van der Waals surface area contributed by atoms with Crippen LogP contribution in [0, 0.1) is 39.9 Å². The van der Waals surface area contributed by atoms with E-state index in [-0.39, 0.29) is 5.92 Å². The third-order valence-electron chi connectivity index (χ3n) is 8.27. The van der Waals surface area contributed by atoms with Gasteiger partial charge in [0.05, 0.1) is 5.92 Å². The lowest BCUT2D eigenvalue weighted by molar-refractivity contribution is -0.143. The van der Waals surface area contributed by atoms with E-state index in [4.69, 9.17) is 0 Å². The Hall–Kier alpha value is -0.790. The average molecular weight is 302 g/mol. The number of hydrogen-bond donors (Lipinski definition) is 1. The molecule has 1 spiro atoms. The quantitative estimate of drug-likeness (QED) is 0.700. The molecule has 0 saturated heterocycles. The van der Waals surface area contributed by atoms with E-state index in [1.165, 1.54) is 32.1 Å². The van der Waals surface area contributed by atoms with E-state index in [1.54, 1.807) is 0 Å². The van der Waals surface area contributed by atoms with Crippen LogP contribution in [0.25, 0.3) is 0 Å². The molecule has 3 saturated carbocycles. The second-order valence-electron chi connectivity index (χ2n) is 9.63. The normalized spacial score (nSPS) is 52.0. The minimum atomic E-state index is -0.529. The minimum Gasteiger partial charge on any atom is -0.481 e. The van der Waals surface area contributed by atoms with Crippen molar-refractivity contribution in [2.45, 2.75) is 65.7 Å². The molecule has 0 aromatic heterocycles. The molecule has 4 aliphatic rings. The highest BCUT2D eigenvalue weighted by Crippen LogP contribution is 2.71. The fourth-order valence-electron chi connectivity index (χ4n) is 7.57. The molecule has 0 aromatic rings. The molecule has 0 aromatic carbocycles. The van der Waals surface area contributed by atoms with Crippen LogP contribution in [-0.4, -0.2) is 11.1 Å². The lowest BCUT2D eigenvalue weighted by Gasteiger charge is -2.62. The summed E-state index contributed by atoms with van der Waals surface area (Å²) in [6.45, 7) is 7.34. The molecule has 3 fully saturated rings. The number of carboxylic acids is 1. The Labute approximate surface area is 134 Å². The zero-order valence-electron chi connectivity index (χ0n) is 14.3. The Morgan fingerprint density at radius 3 is 2.59 bits per heavy atom. The summed E-state index contributed by atoms with van der Waals surface area (Å²) in [4.78, 5) is 11.7. The van der Waals surface area contributed by atoms with Crippen LogP contribution in [0.1, 0.15) is 65.7 Å². The van der Waals surface area contributed by atoms with Gasteiger partial charge in [-0.2, -0.15) is 0 Å². The summed E-state index contributed by atoms with van der Waals surface area (Å²) in [6.07, 6.45) is 13.2. The van der Waals surface area contributed by atoms with Crippen LogP contribution in [0.15, 0.2) is 12.2 Å². The monoisotopic (exact) mass is 302 g/mol. The van der Waals surface area contributed by atoms with Crippen molar-refractivity contribution in [3.8, 4) is 0 Å². The van der Waals surface area contributed by atoms with E-state index in [0.29, 0.717) is 22.2 Å². The van der Waals surface area contributed by atoms with Crippen LogP contribution in [0.3, 0.4) is 0 Å². The molecular weight excluding hydrogens is 272 g/mol. The number of hydrogen-bond acceptors (Lipinski definition) is 1. The van der Waals surface area contributed by atoms with E-state index in [2.05, 4.69) is 32.9 Å². The zero-order valence-corrected chi connectivity index (χ0v) is 14.3. The highest BCUT2D eigenvalue weighted by atomic mass is 16.4. The molecule has 0 amide bonds. The number of aliphatic carboxylic acids is 1.